The molecular formula is C19H21IO3S. The van der Waals surface area contributed by atoms with Gasteiger partial charge in [-0.15, -0.1) is 0 Å². The van der Waals surface area contributed by atoms with Crippen LogP contribution in [0.15, 0.2) is 59.5 Å². The van der Waals surface area contributed by atoms with Gasteiger partial charge < -0.3 is 0 Å². The average Bonchev–Trinajstić information content (AvgIpc) is 2.59. The van der Waals surface area contributed by atoms with Gasteiger partial charge in [0.25, 0.3) is 0 Å². The van der Waals surface area contributed by atoms with Gasteiger partial charge in [-0.25, -0.2) is 0 Å². The van der Waals surface area contributed by atoms with Crippen molar-refractivity contribution in [2.45, 2.75) is 38.0 Å². The Kier molecular flexibility index (Phi) is 7.28. The summed E-state index contributed by atoms with van der Waals surface area (Å²) in [6, 6.07) is 16.1. The van der Waals surface area contributed by atoms with E-state index in [1.165, 1.54) is 0 Å². The normalized spacial score (nSPS) is 11.5. The molecule has 0 N–H and O–H groups in total. The van der Waals surface area contributed by atoms with Gasteiger partial charge in [-0.05, 0) is 0 Å². The van der Waals surface area contributed by atoms with Gasteiger partial charge in [0.15, 0.2) is 0 Å². The SMILES string of the molecule is CCCCC#CI(OS(=O)(=O)c1ccc(C)cc1)c1ccccc1. The second-order valence-electron chi connectivity index (χ2n) is 5.25. The average molecular weight is 456 g/mol. The molecule has 3 nitrogen and oxygen atoms in total. The van der Waals surface area contributed by atoms with Crippen LogP contribution in [0.25, 0.3) is 0 Å². The van der Waals surface area contributed by atoms with Crippen molar-refractivity contribution in [3.63, 3.8) is 0 Å². The van der Waals surface area contributed by atoms with Gasteiger partial charge in [-0.2, -0.15) is 0 Å². The van der Waals surface area contributed by atoms with Crippen molar-refractivity contribution in [2.75, 3.05) is 0 Å². The summed E-state index contributed by atoms with van der Waals surface area (Å²) in [6.45, 7) is 4.02. The second-order valence-corrected chi connectivity index (χ2v) is 11.0. The number of rotatable bonds is 6. The minimum absolute atomic E-state index is 0.182. The molecule has 2 aromatic carbocycles. The van der Waals surface area contributed by atoms with Gasteiger partial charge in [-0.1, -0.05) is 0 Å². The fourth-order valence-corrected chi connectivity index (χ4v) is 7.58. The Bertz CT molecular complexity index is 803. The van der Waals surface area contributed by atoms with Crippen LogP contribution >= 0.6 is 20.2 Å². The molecular weight excluding hydrogens is 435 g/mol. The molecule has 0 aliphatic heterocycles. The van der Waals surface area contributed by atoms with Crippen molar-refractivity contribution in [1.29, 1.82) is 0 Å². The van der Waals surface area contributed by atoms with Crippen molar-refractivity contribution >= 4 is 30.4 Å². The molecule has 0 atom stereocenters. The van der Waals surface area contributed by atoms with E-state index in [1.54, 1.807) is 24.3 Å². The molecule has 0 amide bonds. The third-order valence-corrected chi connectivity index (χ3v) is 9.56. The summed E-state index contributed by atoms with van der Waals surface area (Å²) in [4.78, 5) is 0.182. The summed E-state index contributed by atoms with van der Waals surface area (Å²) in [5.74, 6) is 3.10. The molecule has 0 unspecified atom stereocenters. The van der Waals surface area contributed by atoms with E-state index in [0.29, 0.717) is 0 Å². The van der Waals surface area contributed by atoms with Gasteiger partial charge in [0.1, 0.15) is 0 Å². The summed E-state index contributed by atoms with van der Waals surface area (Å²) in [5.41, 5.74) is 1.01. The zero-order valence-electron chi connectivity index (χ0n) is 13.8. The molecule has 0 heterocycles. The van der Waals surface area contributed by atoms with Crippen molar-refractivity contribution in [2.24, 2.45) is 0 Å². The quantitative estimate of drug-likeness (QED) is 0.344. The van der Waals surface area contributed by atoms with E-state index >= 15 is 0 Å². The van der Waals surface area contributed by atoms with Crippen LogP contribution in [0.1, 0.15) is 31.7 Å². The van der Waals surface area contributed by atoms with Gasteiger partial charge >= 0.3 is 153 Å². The van der Waals surface area contributed by atoms with Crippen molar-refractivity contribution in [3.05, 3.63) is 63.7 Å². The van der Waals surface area contributed by atoms with E-state index in [0.717, 1.165) is 28.4 Å². The first-order chi connectivity index (χ1) is 11.5. The molecule has 0 saturated carbocycles. The van der Waals surface area contributed by atoms with E-state index in [-0.39, 0.29) is 4.90 Å². The van der Waals surface area contributed by atoms with Crippen molar-refractivity contribution in [3.8, 4) is 9.85 Å². The fraction of sp³-hybridized carbons (Fsp3) is 0.263. The summed E-state index contributed by atoms with van der Waals surface area (Å²) in [6.07, 6.45) is 2.85. The standard InChI is InChI=1S/C19H21IO3S/c1-3-4-5-9-16-20(18-10-7-6-8-11-18)23-24(21,22)19-14-12-17(2)13-15-19/h6-8,10-15H,3-5H2,1-2H3. The first-order valence-corrected chi connectivity index (χ1v) is 12.2. The van der Waals surface area contributed by atoms with E-state index in [9.17, 15) is 8.42 Å². The maximum absolute atomic E-state index is 12.6. The molecule has 0 aliphatic rings. The molecule has 0 radical (unpaired) electrons. The number of unbranched alkanes of at least 4 members (excludes halogenated alkanes) is 2. The minimum atomic E-state index is -3.80. The Morgan fingerprint density at radius 3 is 2.33 bits per heavy atom. The van der Waals surface area contributed by atoms with E-state index in [2.05, 4.69) is 16.8 Å². The zero-order valence-corrected chi connectivity index (χ0v) is 16.8. The van der Waals surface area contributed by atoms with Crippen LogP contribution < -0.4 is 0 Å². The maximum atomic E-state index is 12.6. The molecule has 0 aromatic heterocycles. The number of benzene rings is 2. The van der Waals surface area contributed by atoms with Crippen LogP contribution in [0.3, 0.4) is 0 Å². The monoisotopic (exact) mass is 456 g/mol. The molecule has 24 heavy (non-hydrogen) atoms. The molecule has 0 spiro atoms. The van der Waals surface area contributed by atoms with Crippen molar-refractivity contribution < 1.29 is 10.9 Å². The Hall–Kier alpha value is -1.36. The predicted molar refractivity (Wildman–Crippen MR) is 106 cm³/mol. The van der Waals surface area contributed by atoms with Crippen LogP contribution in [-0.4, -0.2) is 8.42 Å². The van der Waals surface area contributed by atoms with Crippen LogP contribution in [0.2, 0.25) is 0 Å². The molecule has 0 bridgehead atoms. The zero-order chi connectivity index (χ0) is 17.4. The van der Waals surface area contributed by atoms with Crippen LogP contribution in [-0.2, 0) is 12.6 Å². The predicted octanol–water partition coefficient (Wildman–Crippen LogP) is 5.14. The third-order valence-electron chi connectivity index (χ3n) is 3.19. The fourth-order valence-electron chi connectivity index (χ4n) is 1.83. The Morgan fingerprint density at radius 2 is 1.71 bits per heavy atom. The molecule has 5 heteroatoms. The van der Waals surface area contributed by atoms with Crippen LogP contribution in [0.4, 0.5) is 0 Å². The number of hydrogen-bond donors (Lipinski definition) is 0. The van der Waals surface area contributed by atoms with E-state index < -0.39 is 30.4 Å². The number of halogens is 1. The first-order valence-electron chi connectivity index (χ1n) is 7.78. The Balaban J connectivity index is 2.26. The van der Waals surface area contributed by atoms with E-state index in [1.807, 2.05) is 37.3 Å². The van der Waals surface area contributed by atoms with Gasteiger partial charge in [0.05, 0.1) is 0 Å². The molecule has 0 saturated heterocycles. The summed E-state index contributed by atoms with van der Waals surface area (Å²) < 4.78 is 34.7. The summed E-state index contributed by atoms with van der Waals surface area (Å²) >= 11 is -2.59. The van der Waals surface area contributed by atoms with Crippen LogP contribution in [0, 0.1) is 20.3 Å². The summed E-state index contributed by atoms with van der Waals surface area (Å²) in [7, 11) is -3.80. The topological polar surface area (TPSA) is 43.4 Å². The molecule has 128 valence electrons. The first kappa shape index (κ1) is 19.0. The van der Waals surface area contributed by atoms with Gasteiger partial charge in [0, 0.05) is 0 Å². The molecule has 2 aromatic rings. The number of aryl methyl sites for hydroxylation is 1. The van der Waals surface area contributed by atoms with Gasteiger partial charge in [0.2, 0.25) is 0 Å². The molecule has 0 aliphatic carbocycles. The Labute approximate surface area is 152 Å². The third kappa shape index (κ3) is 5.62. The molecule has 2 rings (SSSR count). The van der Waals surface area contributed by atoms with Crippen LogP contribution in [0.5, 0.6) is 0 Å². The second kappa shape index (κ2) is 9.21. The van der Waals surface area contributed by atoms with Crippen molar-refractivity contribution in [1.82, 2.24) is 0 Å². The Morgan fingerprint density at radius 1 is 1.04 bits per heavy atom. The van der Waals surface area contributed by atoms with E-state index in [4.69, 9.17) is 2.51 Å². The molecule has 0 fully saturated rings. The summed E-state index contributed by atoms with van der Waals surface area (Å²) in [5, 5.41) is 0. The van der Waals surface area contributed by atoms with Gasteiger partial charge in [-0.3, -0.25) is 0 Å². The number of hydrogen-bond acceptors (Lipinski definition) is 3.